The molecule has 0 aliphatic carbocycles. The zero-order chi connectivity index (χ0) is 10.3. The van der Waals surface area contributed by atoms with Crippen LogP contribution in [0.5, 0.6) is 0 Å². The van der Waals surface area contributed by atoms with E-state index in [1.807, 2.05) is 0 Å². The van der Waals surface area contributed by atoms with Gasteiger partial charge in [0.1, 0.15) is 0 Å². The third kappa shape index (κ3) is 1.92. The van der Waals surface area contributed by atoms with Crippen LogP contribution in [0.25, 0.3) is 0 Å². The molecule has 1 atom stereocenters. The molecular weight excluding hydrogens is 245 g/mol. The first-order valence-corrected chi connectivity index (χ1v) is 6.67. The van der Waals surface area contributed by atoms with Crippen LogP contribution in [-0.2, 0) is 4.57 Å². The van der Waals surface area contributed by atoms with Crippen LogP contribution in [0, 0.1) is 0 Å². The molecule has 1 aromatic carbocycles. The summed E-state index contributed by atoms with van der Waals surface area (Å²) in [6.07, 6.45) is 0. The molecule has 0 aromatic heterocycles. The SMILES string of the molecule is O=P(O)(O)c1ccc2c(c1)SC(Cl)N2. The maximum absolute atomic E-state index is 10.9. The van der Waals surface area contributed by atoms with Gasteiger partial charge >= 0.3 is 7.60 Å². The highest BCUT2D eigenvalue weighted by atomic mass is 35.5. The van der Waals surface area contributed by atoms with Crippen LogP contribution in [0.2, 0.25) is 0 Å². The van der Waals surface area contributed by atoms with Crippen LogP contribution in [0.15, 0.2) is 23.1 Å². The number of anilines is 1. The van der Waals surface area contributed by atoms with E-state index in [1.54, 1.807) is 6.07 Å². The maximum Gasteiger partial charge on any atom is 0.356 e. The number of fused-ring (bicyclic) bond motifs is 1. The highest BCUT2D eigenvalue weighted by Crippen LogP contribution is 2.42. The number of thioether (sulfide) groups is 1. The number of rotatable bonds is 1. The Hall–Kier alpha value is -0.190. The summed E-state index contributed by atoms with van der Waals surface area (Å²) in [5.74, 6) is 0. The Bertz CT molecular complexity index is 421. The summed E-state index contributed by atoms with van der Waals surface area (Å²) in [5.41, 5.74) is 0.812. The minimum absolute atomic E-state index is 0.0244. The van der Waals surface area contributed by atoms with Crippen molar-refractivity contribution in [3.05, 3.63) is 18.2 Å². The summed E-state index contributed by atoms with van der Waals surface area (Å²) in [6, 6.07) is 4.50. The largest absolute Gasteiger partial charge is 0.360 e. The van der Waals surface area contributed by atoms with Crippen LogP contribution in [0.3, 0.4) is 0 Å². The quantitative estimate of drug-likeness (QED) is 0.401. The first-order valence-electron chi connectivity index (χ1n) is 3.74. The summed E-state index contributed by atoms with van der Waals surface area (Å²) in [5, 5.41) is 2.98. The standard InChI is InChI=1S/C7H7ClNO3PS/c8-7-9-5-2-1-4(13(10,11)12)3-6(5)14-7/h1-3,7,9H,(H2,10,11,12). The van der Waals surface area contributed by atoms with Gasteiger partial charge < -0.3 is 15.1 Å². The van der Waals surface area contributed by atoms with Gasteiger partial charge in [0.25, 0.3) is 0 Å². The van der Waals surface area contributed by atoms with Gasteiger partial charge in [0.15, 0.2) is 4.83 Å². The summed E-state index contributed by atoms with van der Waals surface area (Å²) >= 11 is 7.13. The minimum Gasteiger partial charge on any atom is -0.360 e. The smallest absolute Gasteiger partial charge is 0.356 e. The molecule has 0 spiro atoms. The van der Waals surface area contributed by atoms with Crippen LogP contribution in [0.4, 0.5) is 5.69 Å². The van der Waals surface area contributed by atoms with Gasteiger partial charge in [0, 0.05) is 10.6 Å². The molecule has 0 fully saturated rings. The molecule has 0 saturated heterocycles. The van der Waals surface area contributed by atoms with E-state index >= 15 is 0 Å². The van der Waals surface area contributed by atoms with Crippen molar-refractivity contribution in [3.63, 3.8) is 0 Å². The van der Waals surface area contributed by atoms with Gasteiger partial charge in [-0.3, -0.25) is 4.57 Å². The predicted molar refractivity (Wildman–Crippen MR) is 57.2 cm³/mol. The van der Waals surface area contributed by atoms with Crippen molar-refractivity contribution >= 4 is 42.0 Å². The summed E-state index contributed by atoms with van der Waals surface area (Å²) in [4.78, 5) is 18.4. The molecule has 0 radical (unpaired) electrons. The van der Waals surface area contributed by atoms with Crippen molar-refractivity contribution < 1.29 is 14.4 Å². The minimum atomic E-state index is -4.15. The fourth-order valence-electron chi connectivity index (χ4n) is 1.17. The molecule has 0 saturated carbocycles. The van der Waals surface area contributed by atoms with Gasteiger partial charge in [-0.15, -0.1) is 0 Å². The molecule has 0 amide bonds. The van der Waals surface area contributed by atoms with Gasteiger partial charge in [0.05, 0.1) is 5.30 Å². The molecule has 1 aromatic rings. The maximum atomic E-state index is 10.9. The topological polar surface area (TPSA) is 69.6 Å². The predicted octanol–water partition coefficient (Wildman–Crippen LogP) is 1.53. The molecule has 7 heteroatoms. The lowest BCUT2D eigenvalue weighted by atomic mass is 10.3. The van der Waals surface area contributed by atoms with E-state index in [2.05, 4.69) is 5.32 Å². The second kappa shape index (κ2) is 3.43. The number of nitrogens with one attached hydrogen (secondary N) is 1. The fraction of sp³-hybridized carbons (Fsp3) is 0.143. The van der Waals surface area contributed by atoms with Crippen LogP contribution in [0.1, 0.15) is 0 Å². The first-order chi connectivity index (χ1) is 6.47. The average Bonchev–Trinajstić information content (AvgIpc) is 2.41. The number of halogens is 1. The molecule has 4 nitrogen and oxygen atoms in total. The van der Waals surface area contributed by atoms with E-state index in [0.717, 1.165) is 10.6 Å². The van der Waals surface area contributed by atoms with Gasteiger partial charge in [-0.2, -0.15) is 0 Å². The van der Waals surface area contributed by atoms with E-state index in [-0.39, 0.29) is 10.1 Å². The van der Waals surface area contributed by atoms with E-state index in [4.69, 9.17) is 21.4 Å². The number of alkyl halides is 1. The molecule has 1 unspecified atom stereocenters. The molecular formula is C7H7ClNO3PS. The van der Waals surface area contributed by atoms with Crippen molar-refractivity contribution in [2.45, 2.75) is 9.73 Å². The molecule has 1 heterocycles. The zero-order valence-corrected chi connectivity index (χ0v) is 9.31. The molecule has 2 rings (SSSR count). The number of benzene rings is 1. The van der Waals surface area contributed by atoms with Gasteiger partial charge in [-0.05, 0) is 18.2 Å². The second-order valence-electron chi connectivity index (χ2n) is 2.80. The number of hydrogen-bond donors (Lipinski definition) is 3. The molecule has 14 heavy (non-hydrogen) atoms. The lowest BCUT2D eigenvalue weighted by Gasteiger charge is -2.05. The van der Waals surface area contributed by atoms with Crippen molar-refractivity contribution in [2.75, 3.05) is 5.32 Å². The first kappa shape index (κ1) is 10.3. The van der Waals surface area contributed by atoms with Gasteiger partial charge in [-0.1, -0.05) is 23.4 Å². The monoisotopic (exact) mass is 251 g/mol. The van der Waals surface area contributed by atoms with Crippen molar-refractivity contribution in [1.82, 2.24) is 0 Å². The molecule has 76 valence electrons. The third-order valence-electron chi connectivity index (χ3n) is 1.80. The van der Waals surface area contributed by atoms with Crippen LogP contribution >= 0.6 is 31.0 Å². The Morgan fingerprint density at radius 3 is 2.86 bits per heavy atom. The third-order valence-corrected chi connectivity index (χ3v) is 4.04. The average molecular weight is 252 g/mol. The van der Waals surface area contributed by atoms with Crippen molar-refractivity contribution in [1.29, 1.82) is 0 Å². The van der Waals surface area contributed by atoms with Gasteiger partial charge in [-0.25, -0.2) is 0 Å². The highest BCUT2D eigenvalue weighted by molar-refractivity contribution is 8.01. The van der Waals surface area contributed by atoms with E-state index in [9.17, 15) is 4.57 Å². The fourth-order valence-corrected chi connectivity index (χ4v) is 3.09. The molecule has 1 aliphatic rings. The number of hydrogen-bond acceptors (Lipinski definition) is 3. The van der Waals surface area contributed by atoms with E-state index in [1.165, 1.54) is 23.9 Å². The highest BCUT2D eigenvalue weighted by Gasteiger charge is 2.23. The summed E-state index contributed by atoms with van der Waals surface area (Å²) < 4.78 is 10.9. The summed E-state index contributed by atoms with van der Waals surface area (Å²) in [6.45, 7) is 0. The van der Waals surface area contributed by atoms with Crippen LogP contribution in [-0.4, -0.2) is 14.6 Å². The van der Waals surface area contributed by atoms with Crippen LogP contribution < -0.4 is 10.6 Å². The molecule has 1 aliphatic heterocycles. The van der Waals surface area contributed by atoms with Crippen molar-refractivity contribution in [3.8, 4) is 0 Å². The Morgan fingerprint density at radius 2 is 2.21 bits per heavy atom. The van der Waals surface area contributed by atoms with Gasteiger partial charge in [0.2, 0.25) is 0 Å². The van der Waals surface area contributed by atoms with E-state index < -0.39 is 7.60 Å². The molecule has 0 bridgehead atoms. The second-order valence-corrected chi connectivity index (χ2v) is 6.25. The Balaban J connectivity index is 2.43. The summed E-state index contributed by atoms with van der Waals surface area (Å²) in [7, 11) is -4.15. The lowest BCUT2D eigenvalue weighted by Crippen LogP contribution is -2.03. The normalized spacial score (nSPS) is 20.4. The van der Waals surface area contributed by atoms with E-state index in [0.29, 0.717) is 0 Å². The van der Waals surface area contributed by atoms with Crippen molar-refractivity contribution in [2.24, 2.45) is 0 Å². The Kier molecular flexibility index (Phi) is 2.53. The lowest BCUT2D eigenvalue weighted by molar-refractivity contribution is 0.387. The Labute approximate surface area is 89.8 Å². The Morgan fingerprint density at radius 1 is 1.50 bits per heavy atom. The molecule has 3 N–H and O–H groups in total. The zero-order valence-electron chi connectivity index (χ0n) is 6.85.